The number of esters is 1. The third kappa shape index (κ3) is 3.92. The Kier molecular flexibility index (Phi) is 5.11. The summed E-state index contributed by atoms with van der Waals surface area (Å²) in [6.07, 6.45) is 0. The van der Waals surface area contributed by atoms with Gasteiger partial charge in [0.1, 0.15) is 0 Å². The molecule has 0 heterocycles. The maximum atomic E-state index is 12.3. The Morgan fingerprint density at radius 1 is 1.10 bits per heavy atom. The number of ether oxygens (including phenoxy) is 1. The molecule has 0 aliphatic heterocycles. The molecule has 0 bridgehead atoms. The molecule has 0 aromatic heterocycles. The van der Waals surface area contributed by atoms with Gasteiger partial charge in [0.2, 0.25) is 0 Å². The molecule has 4 nitrogen and oxygen atoms in total. The van der Waals surface area contributed by atoms with Gasteiger partial charge in [0.05, 0.1) is 7.11 Å². The number of amides is 1. The van der Waals surface area contributed by atoms with Gasteiger partial charge in [-0.2, -0.15) is 0 Å². The fraction of sp³-hybridized carbons (Fsp3) is 0.125. The van der Waals surface area contributed by atoms with E-state index in [0.29, 0.717) is 11.1 Å². The van der Waals surface area contributed by atoms with E-state index in [9.17, 15) is 9.59 Å². The van der Waals surface area contributed by atoms with Gasteiger partial charge in [0.15, 0.2) is 6.04 Å². The molecule has 1 amide bonds. The Labute approximate surface area is 131 Å². The third-order valence-corrected chi connectivity index (χ3v) is 3.43. The summed E-state index contributed by atoms with van der Waals surface area (Å²) in [5, 5.41) is 2.69. The molecule has 0 radical (unpaired) electrons. The van der Waals surface area contributed by atoms with Crippen molar-refractivity contribution >= 4 is 27.8 Å². The largest absolute Gasteiger partial charge is 0.467 e. The molecule has 0 fully saturated rings. The Morgan fingerprint density at radius 3 is 2.43 bits per heavy atom. The number of nitrogens with one attached hydrogen (secondary N) is 1. The van der Waals surface area contributed by atoms with Gasteiger partial charge in [0, 0.05) is 10.0 Å². The van der Waals surface area contributed by atoms with Crippen LogP contribution in [0.25, 0.3) is 0 Å². The topological polar surface area (TPSA) is 55.4 Å². The van der Waals surface area contributed by atoms with Gasteiger partial charge in [0.25, 0.3) is 5.91 Å². The molecule has 2 rings (SSSR count). The Morgan fingerprint density at radius 2 is 1.81 bits per heavy atom. The van der Waals surface area contributed by atoms with E-state index in [0.717, 1.165) is 4.47 Å². The molecular weight excluding hydrogens is 334 g/mol. The van der Waals surface area contributed by atoms with Crippen LogP contribution < -0.4 is 5.32 Å². The van der Waals surface area contributed by atoms with Gasteiger partial charge in [-0.25, -0.2) is 4.79 Å². The standard InChI is InChI=1S/C16H14BrNO3/c1-21-16(20)14(11-6-3-2-4-7-11)18-15(19)12-8-5-9-13(17)10-12/h2-10,14H,1H3,(H,18,19). The lowest BCUT2D eigenvalue weighted by atomic mass is 10.1. The average Bonchev–Trinajstić information content (AvgIpc) is 2.52. The van der Waals surface area contributed by atoms with Crippen LogP contribution in [0.5, 0.6) is 0 Å². The molecule has 21 heavy (non-hydrogen) atoms. The summed E-state index contributed by atoms with van der Waals surface area (Å²) in [5.41, 5.74) is 1.14. The summed E-state index contributed by atoms with van der Waals surface area (Å²) in [4.78, 5) is 24.2. The molecule has 5 heteroatoms. The number of methoxy groups -OCH3 is 1. The van der Waals surface area contributed by atoms with E-state index < -0.39 is 12.0 Å². The van der Waals surface area contributed by atoms with E-state index in [2.05, 4.69) is 21.2 Å². The van der Waals surface area contributed by atoms with Crippen LogP contribution in [0.1, 0.15) is 22.0 Å². The fourth-order valence-electron chi connectivity index (χ4n) is 1.89. The summed E-state index contributed by atoms with van der Waals surface area (Å²) in [5.74, 6) is -0.847. The van der Waals surface area contributed by atoms with E-state index in [4.69, 9.17) is 4.74 Å². The summed E-state index contributed by atoms with van der Waals surface area (Å²) in [6.45, 7) is 0. The third-order valence-electron chi connectivity index (χ3n) is 2.93. The van der Waals surface area contributed by atoms with E-state index >= 15 is 0 Å². The van der Waals surface area contributed by atoms with E-state index in [-0.39, 0.29) is 5.91 Å². The smallest absolute Gasteiger partial charge is 0.333 e. The van der Waals surface area contributed by atoms with Crippen molar-refractivity contribution in [3.05, 3.63) is 70.2 Å². The quantitative estimate of drug-likeness (QED) is 0.864. The van der Waals surface area contributed by atoms with Gasteiger partial charge in [-0.05, 0) is 23.8 Å². The molecule has 108 valence electrons. The van der Waals surface area contributed by atoms with Crippen LogP contribution >= 0.6 is 15.9 Å². The van der Waals surface area contributed by atoms with Gasteiger partial charge >= 0.3 is 5.97 Å². The molecule has 1 unspecified atom stereocenters. The number of hydrogen-bond acceptors (Lipinski definition) is 3. The average molecular weight is 348 g/mol. The van der Waals surface area contributed by atoms with Crippen LogP contribution in [0.15, 0.2) is 59.1 Å². The van der Waals surface area contributed by atoms with Crippen molar-refractivity contribution in [2.24, 2.45) is 0 Å². The second-order valence-electron chi connectivity index (χ2n) is 4.35. The molecule has 0 aliphatic carbocycles. The minimum atomic E-state index is -0.831. The molecule has 0 saturated carbocycles. The van der Waals surface area contributed by atoms with Crippen molar-refractivity contribution < 1.29 is 14.3 Å². The van der Waals surface area contributed by atoms with E-state index in [1.54, 1.807) is 42.5 Å². The van der Waals surface area contributed by atoms with Gasteiger partial charge in [-0.15, -0.1) is 0 Å². The SMILES string of the molecule is COC(=O)C(NC(=O)c1cccc(Br)c1)c1ccccc1. The van der Waals surface area contributed by atoms with Gasteiger partial charge in [-0.3, -0.25) is 4.79 Å². The number of carbonyl (C=O) groups is 2. The first kappa shape index (κ1) is 15.3. The van der Waals surface area contributed by atoms with Crippen molar-refractivity contribution in [3.63, 3.8) is 0 Å². The molecule has 1 atom stereocenters. The maximum absolute atomic E-state index is 12.3. The Balaban J connectivity index is 2.23. The zero-order valence-electron chi connectivity index (χ0n) is 11.4. The second kappa shape index (κ2) is 7.04. The minimum Gasteiger partial charge on any atom is -0.467 e. The predicted octanol–water partition coefficient (Wildman–Crippen LogP) is 3.09. The first-order chi connectivity index (χ1) is 10.1. The van der Waals surface area contributed by atoms with Gasteiger partial charge in [-0.1, -0.05) is 52.3 Å². The van der Waals surface area contributed by atoms with Crippen molar-refractivity contribution in [2.75, 3.05) is 7.11 Å². The van der Waals surface area contributed by atoms with Crippen molar-refractivity contribution in [2.45, 2.75) is 6.04 Å². The fourth-order valence-corrected chi connectivity index (χ4v) is 2.29. The molecular formula is C16H14BrNO3. The number of carbonyl (C=O) groups excluding carboxylic acids is 2. The minimum absolute atomic E-state index is 0.337. The highest BCUT2D eigenvalue weighted by Crippen LogP contribution is 2.16. The van der Waals surface area contributed by atoms with Crippen LogP contribution in [0.3, 0.4) is 0 Å². The summed E-state index contributed by atoms with van der Waals surface area (Å²) < 4.78 is 5.56. The molecule has 0 aliphatic rings. The van der Waals surface area contributed by atoms with Crippen molar-refractivity contribution in [3.8, 4) is 0 Å². The molecule has 0 saturated heterocycles. The van der Waals surface area contributed by atoms with Crippen LogP contribution in [0.2, 0.25) is 0 Å². The zero-order chi connectivity index (χ0) is 15.2. The molecule has 2 aromatic carbocycles. The number of benzene rings is 2. The van der Waals surface area contributed by atoms with Crippen molar-refractivity contribution in [1.29, 1.82) is 0 Å². The molecule has 2 aromatic rings. The lowest BCUT2D eigenvalue weighted by Gasteiger charge is -2.17. The number of halogens is 1. The Hall–Kier alpha value is -2.14. The maximum Gasteiger partial charge on any atom is 0.333 e. The normalized spacial score (nSPS) is 11.5. The monoisotopic (exact) mass is 347 g/mol. The highest BCUT2D eigenvalue weighted by molar-refractivity contribution is 9.10. The van der Waals surface area contributed by atoms with Crippen LogP contribution in [0.4, 0.5) is 0 Å². The lowest BCUT2D eigenvalue weighted by molar-refractivity contribution is -0.143. The first-order valence-corrected chi connectivity index (χ1v) is 7.10. The Bertz CT molecular complexity index is 643. The second-order valence-corrected chi connectivity index (χ2v) is 5.27. The zero-order valence-corrected chi connectivity index (χ0v) is 13.0. The number of rotatable bonds is 4. The predicted molar refractivity (Wildman–Crippen MR) is 82.8 cm³/mol. The van der Waals surface area contributed by atoms with Crippen LogP contribution in [-0.2, 0) is 9.53 Å². The number of hydrogen-bond donors (Lipinski definition) is 1. The van der Waals surface area contributed by atoms with Crippen LogP contribution in [-0.4, -0.2) is 19.0 Å². The van der Waals surface area contributed by atoms with Gasteiger partial charge < -0.3 is 10.1 Å². The van der Waals surface area contributed by atoms with Crippen LogP contribution in [0, 0.1) is 0 Å². The highest BCUT2D eigenvalue weighted by atomic mass is 79.9. The van der Waals surface area contributed by atoms with E-state index in [1.165, 1.54) is 7.11 Å². The van der Waals surface area contributed by atoms with Crippen molar-refractivity contribution in [1.82, 2.24) is 5.32 Å². The van der Waals surface area contributed by atoms with E-state index in [1.807, 2.05) is 12.1 Å². The summed E-state index contributed by atoms with van der Waals surface area (Å²) in [7, 11) is 1.30. The lowest BCUT2D eigenvalue weighted by Crippen LogP contribution is -2.34. The summed E-state index contributed by atoms with van der Waals surface area (Å²) in [6, 6.07) is 15.1. The molecule has 0 spiro atoms. The first-order valence-electron chi connectivity index (χ1n) is 6.31. The highest BCUT2D eigenvalue weighted by Gasteiger charge is 2.23. The molecule has 1 N–H and O–H groups in total. The summed E-state index contributed by atoms with van der Waals surface area (Å²) >= 11 is 3.31.